The molecule has 0 heterocycles. The van der Waals surface area contributed by atoms with Gasteiger partial charge in [0.05, 0.1) is 0 Å². The first-order valence-corrected chi connectivity index (χ1v) is 6.40. The van der Waals surface area contributed by atoms with Crippen molar-refractivity contribution in [2.75, 3.05) is 0 Å². The molecule has 2 aromatic carbocycles. The molecular weight excluding hydrogens is 316 g/mol. The van der Waals surface area contributed by atoms with Gasteiger partial charge in [0.15, 0.2) is 0 Å². The van der Waals surface area contributed by atoms with E-state index in [4.69, 9.17) is 0 Å². The van der Waals surface area contributed by atoms with Crippen molar-refractivity contribution in [1.29, 1.82) is 0 Å². The summed E-state index contributed by atoms with van der Waals surface area (Å²) in [6.45, 7) is 0. The topological polar surface area (TPSA) is 0 Å². The highest BCUT2D eigenvalue weighted by Gasteiger charge is 2.20. The summed E-state index contributed by atoms with van der Waals surface area (Å²) >= 11 is 7.17. The maximum absolute atomic E-state index is 3.64. The van der Waals surface area contributed by atoms with Gasteiger partial charge >= 0.3 is 0 Å². The second-order valence-electron chi connectivity index (χ2n) is 3.76. The monoisotopic (exact) mass is 322 g/mol. The Bertz CT molecular complexity index is 544. The van der Waals surface area contributed by atoms with Gasteiger partial charge in [0, 0.05) is 8.95 Å². The Morgan fingerprint density at radius 1 is 0.933 bits per heavy atom. The molecular formula is C13H8Br2. The van der Waals surface area contributed by atoms with Crippen LogP contribution in [0, 0.1) is 0 Å². The van der Waals surface area contributed by atoms with Gasteiger partial charge in [-0.05, 0) is 40.8 Å². The second kappa shape index (κ2) is 3.46. The van der Waals surface area contributed by atoms with Crippen molar-refractivity contribution in [3.05, 3.63) is 56.5 Å². The van der Waals surface area contributed by atoms with Crippen molar-refractivity contribution >= 4 is 31.9 Å². The maximum Gasteiger partial charge on any atom is 0.0267 e. The number of rotatable bonds is 0. The molecule has 0 radical (unpaired) electrons. The first-order chi connectivity index (χ1) is 7.25. The number of benzene rings is 2. The lowest BCUT2D eigenvalue weighted by Gasteiger charge is -2.04. The number of hydrogen-bond acceptors (Lipinski definition) is 0. The van der Waals surface area contributed by atoms with Crippen LogP contribution >= 0.6 is 31.9 Å². The lowest BCUT2D eigenvalue weighted by molar-refractivity contribution is 1.26. The molecule has 3 rings (SSSR count). The summed E-state index contributed by atoms with van der Waals surface area (Å²) in [5, 5.41) is 0. The van der Waals surface area contributed by atoms with E-state index in [2.05, 4.69) is 68.3 Å². The van der Waals surface area contributed by atoms with Gasteiger partial charge in [-0.25, -0.2) is 0 Å². The third-order valence-electron chi connectivity index (χ3n) is 2.80. The minimum atomic E-state index is 1.05. The number of hydrogen-bond donors (Lipinski definition) is 0. The smallest absolute Gasteiger partial charge is 0.0267 e. The van der Waals surface area contributed by atoms with Gasteiger partial charge < -0.3 is 0 Å². The summed E-state index contributed by atoms with van der Waals surface area (Å²) in [4.78, 5) is 0. The summed E-state index contributed by atoms with van der Waals surface area (Å²) < 4.78 is 2.32. The van der Waals surface area contributed by atoms with Gasteiger partial charge in [0.2, 0.25) is 0 Å². The van der Waals surface area contributed by atoms with Crippen molar-refractivity contribution in [2.45, 2.75) is 6.42 Å². The first-order valence-electron chi connectivity index (χ1n) is 4.82. The highest BCUT2D eigenvalue weighted by atomic mass is 79.9. The van der Waals surface area contributed by atoms with Crippen LogP contribution in [0.25, 0.3) is 11.1 Å². The Hall–Kier alpha value is -0.600. The SMILES string of the molecule is Brc1cc(Br)c2c(c1)Cc1ccccc1-2. The van der Waals surface area contributed by atoms with Crippen LogP contribution in [0.2, 0.25) is 0 Å². The Kier molecular flexibility index (Phi) is 2.22. The van der Waals surface area contributed by atoms with Gasteiger partial charge in [-0.15, -0.1) is 0 Å². The molecule has 0 N–H and O–H groups in total. The third kappa shape index (κ3) is 1.47. The summed E-state index contributed by atoms with van der Waals surface area (Å²) in [6.07, 6.45) is 1.05. The zero-order valence-corrected chi connectivity index (χ0v) is 11.1. The molecule has 0 amide bonds. The lowest BCUT2D eigenvalue weighted by atomic mass is 10.1. The molecule has 0 spiro atoms. The van der Waals surface area contributed by atoms with Crippen LogP contribution in [0.3, 0.4) is 0 Å². The summed E-state index contributed by atoms with van der Waals surface area (Å²) in [7, 11) is 0. The maximum atomic E-state index is 3.64. The predicted molar refractivity (Wildman–Crippen MR) is 70.1 cm³/mol. The van der Waals surface area contributed by atoms with Crippen molar-refractivity contribution < 1.29 is 0 Å². The van der Waals surface area contributed by atoms with E-state index >= 15 is 0 Å². The highest BCUT2D eigenvalue weighted by Crippen LogP contribution is 2.42. The van der Waals surface area contributed by atoms with Crippen LogP contribution in [0.15, 0.2) is 45.3 Å². The molecule has 0 unspecified atom stereocenters. The van der Waals surface area contributed by atoms with Crippen LogP contribution in [0.5, 0.6) is 0 Å². The molecule has 0 aliphatic heterocycles. The molecule has 0 bridgehead atoms. The van der Waals surface area contributed by atoms with Gasteiger partial charge in [-0.2, -0.15) is 0 Å². The van der Waals surface area contributed by atoms with Crippen molar-refractivity contribution in [1.82, 2.24) is 0 Å². The van der Waals surface area contributed by atoms with Crippen LogP contribution < -0.4 is 0 Å². The van der Waals surface area contributed by atoms with Crippen LogP contribution in [-0.4, -0.2) is 0 Å². The quantitative estimate of drug-likeness (QED) is 0.558. The van der Waals surface area contributed by atoms with E-state index in [0.717, 1.165) is 10.9 Å². The highest BCUT2D eigenvalue weighted by molar-refractivity contribution is 9.11. The minimum absolute atomic E-state index is 1.05. The zero-order valence-electron chi connectivity index (χ0n) is 7.93. The molecule has 0 saturated carbocycles. The Labute approximate surface area is 106 Å². The molecule has 0 atom stereocenters. The van der Waals surface area contributed by atoms with E-state index in [0.29, 0.717) is 0 Å². The van der Waals surface area contributed by atoms with Crippen LogP contribution in [0.4, 0.5) is 0 Å². The van der Waals surface area contributed by atoms with E-state index in [1.807, 2.05) is 0 Å². The fourth-order valence-corrected chi connectivity index (χ4v) is 3.72. The fourth-order valence-electron chi connectivity index (χ4n) is 2.19. The molecule has 2 heteroatoms. The van der Waals surface area contributed by atoms with E-state index < -0.39 is 0 Å². The van der Waals surface area contributed by atoms with Crippen molar-refractivity contribution in [2.24, 2.45) is 0 Å². The van der Waals surface area contributed by atoms with Gasteiger partial charge in [0.25, 0.3) is 0 Å². The zero-order chi connectivity index (χ0) is 10.4. The van der Waals surface area contributed by atoms with E-state index in [-0.39, 0.29) is 0 Å². The average Bonchev–Trinajstić information content (AvgIpc) is 2.54. The van der Waals surface area contributed by atoms with E-state index in [1.165, 1.54) is 26.7 Å². The molecule has 0 fully saturated rings. The van der Waals surface area contributed by atoms with Crippen molar-refractivity contribution in [3.8, 4) is 11.1 Å². The van der Waals surface area contributed by atoms with Gasteiger partial charge in [-0.3, -0.25) is 0 Å². The molecule has 74 valence electrons. The number of fused-ring (bicyclic) bond motifs is 3. The van der Waals surface area contributed by atoms with Crippen LogP contribution in [-0.2, 0) is 6.42 Å². The average molecular weight is 324 g/mol. The number of halogens is 2. The standard InChI is InChI=1S/C13H8Br2/c14-10-6-9-5-8-3-1-2-4-11(8)13(9)12(15)7-10/h1-4,6-7H,5H2. The summed E-state index contributed by atoms with van der Waals surface area (Å²) in [6, 6.07) is 12.9. The molecule has 1 aliphatic rings. The largest absolute Gasteiger partial charge is 0.0619 e. The van der Waals surface area contributed by atoms with Gasteiger partial charge in [0.1, 0.15) is 0 Å². The molecule has 0 nitrogen and oxygen atoms in total. The molecule has 0 aromatic heterocycles. The Balaban J connectivity index is 2.33. The third-order valence-corrected chi connectivity index (χ3v) is 3.89. The molecule has 15 heavy (non-hydrogen) atoms. The van der Waals surface area contributed by atoms with E-state index in [1.54, 1.807) is 0 Å². The normalized spacial score (nSPS) is 12.4. The predicted octanol–water partition coefficient (Wildman–Crippen LogP) is 4.78. The summed E-state index contributed by atoms with van der Waals surface area (Å²) in [5.41, 5.74) is 5.55. The van der Waals surface area contributed by atoms with Gasteiger partial charge in [-0.1, -0.05) is 56.1 Å². The summed E-state index contributed by atoms with van der Waals surface area (Å²) in [5.74, 6) is 0. The fraction of sp³-hybridized carbons (Fsp3) is 0.0769. The minimum Gasteiger partial charge on any atom is -0.0619 e. The molecule has 0 saturated heterocycles. The van der Waals surface area contributed by atoms with Crippen molar-refractivity contribution in [3.63, 3.8) is 0 Å². The Morgan fingerprint density at radius 3 is 2.60 bits per heavy atom. The van der Waals surface area contributed by atoms with Crippen LogP contribution in [0.1, 0.15) is 11.1 Å². The van der Waals surface area contributed by atoms with E-state index in [9.17, 15) is 0 Å². The molecule has 1 aliphatic carbocycles. The molecule has 2 aromatic rings. The Morgan fingerprint density at radius 2 is 1.73 bits per heavy atom. The first kappa shape index (κ1) is 9.61. The second-order valence-corrected chi connectivity index (χ2v) is 5.53. The lowest BCUT2D eigenvalue weighted by Crippen LogP contribution is -1.81.